The SMILES string of the molecule is Cc1cc(C(Cl)=NO)sc1Br. The lowest BCUT2D eigenvalue weighted by molar-refractivity contribution is 0.321. The molecule has 0 saturated heterocycles. The quantitative estimate of drug-likeness (QED) is 0.466. The van der Waals surface area contributed by atoms with Crippen LogP contribution in [0.1, 0.15) is 10.4 Å². The van der Waals surface area contributed by atoms with E-state index in [1.54, 1.807) is 0 Å². The maximum Gasteiger partial charge on any atom is 0.185 e. The van der Waals surface area contributed by atoms with Crippen LogP contribution in [0.3, 0.4) is 0 Å². The molecule has 1 rings (SSSR count). The predicted octanol–water partition coefficient (Wildman–Crippen LogP) is 3.19. The zero-order valence-electron chi connectivity index (χ0n) is 5.64. The van der Waals surface area contributed by atoms with E-state index >= 15 is 0 Å². The lowest BCUT2D eigenvalue weighted by atomic mass is 10.3. The number of oxime groups is 1. The molecule has 1 aromatic rings. The molecule has 11 heavy (non-hydrogen) atoms. The topological polar surface area (TPSA) is 32.6 Å². The molecule has 60 valence electrons. The number of nitrogens with zero attached hydrogens (tertiary/aromatic N) is 1. The summed E-state index contributed by atoms with van der Waals surface area (Å²) in [7, 11) is 0. The van der Waals surface area contributed by atoms with E-state index in [-0.39, 0.29) is 5.17 Å². The van der Waals surface area contributed by atoms with Crippen LogP contribution in [0.4, 0.5) is 0 Å². The average molecular weight is 255 g/mol. The van der Waals surface area contributed by atoms with E-state index in [4.69, 9.17) is 16.8 Å². The lowest BCUT2D eigenvalue weighted by Gasteiger charge is -1.84. The Kier molecular flexibility index (Phi) is 2.92. The van der Waals surface area contributed by atoms with Gasteiger partial charge < -0.3 is 5.21 Å². The molecule has 0 aliphatic carbocycles. The van der Waals surface area contributed by atoms with Crippen LogP contribution in [-0.2, 0) is 0 Å². The third kappa shape index (κ3) is 1.95. The van der Waals surface area contributed by atoms with Crippen molar-refractivity contribution in [2.24, 2.45) is 5.16 Å². The standard InChI is InChI=1S/C6H5BrClNOS/c1-3-2-4(6(8)9-10)11-5(3)7/h2,10H,1H3. The molecule has 0 atom stereocenters. The van der Waals surface area contributed by atoms with Crippen LogP contribution < -0.4 is 0 Å². The maximum atomic E-state index is 8.34. The van der Waals surface area contributed by atoms with Crippen LogP contribution in [0.5, 0.6) is 0 Å². The summed E-state index contributed by atoms with van der Waals surface area (Å²) >= 11 is 10.3. The number of hydrogen-bond acceptors (Lipinski definition) is 3. The molecule has 0 unspecified atom stereocenters. The zero-order chi connectivity index (χ0) is 8.43. The van der Waals surface area contributed by atoms with Crippen molar-refractivity contribution < 1.29 is 5.21 Å². The highest BCUT2D eigenvalue weighted by Gasteiger charge is 2.06. The van der Waals surface area contributed by atoms with Gasteiger partial charge in [-0.15, -0.1) is 11.3 Å². The normalized spacial score (nSPS) is 12.1. The van der Waals surface area contributed by atoms with Crippen molar-refractivity contribution in [2.45, 2.75) is 6.92 Å². The molecule has 1 N–H and O–H groups in total. The summed E-state index contributed by atoms with van der Waals surface area (Å²) in [5, 5.41) is 11.3. The molecule has 0 amide bonds. The first-order chi connectivity index (χ1) is 5.15. The van der Waals surface area contributed by atoms with Gasteiger partial charge in [0.15, 0.2) is 5.17 Å². The second-order valence-corrected chi connectivity index (χ2v) is 4.69. The van der Waals surface area contributed by atoms with Crippen molar-refractivity contribution in [3.63, 3.8) is 0 Å². The van der Waals surface area contributed by atoms with Crippen LogP contribution in [0.2, 0.25) is 0 Å². The minimum Gasteiger partial charge on any atom is -0.410 e. The molecule has 0 fully saturated rings. The largest absolute Gasteiger partial charge is 0.410 e. The monoisotopic (exact) mass is 253 g/mol. The molecular formula is C6H5BrClNOS. The molecule has 1 heterocycles. The molecule has 1 aromatic heterocycles. The summed E-state index contributed by atoms with van der Waals surface area (Å²) in [4.78, 5) is 0.763. The highest BCUT2D eigenvalue weighted by molar-refractivity contribution is 9.11. The Balaban J connectivity index is 3.07. The van der Waals surface area contributed by atoms with Crippen molar-refractivity contribution in [3.8, 4) is 0 Å². The van der Waals surface area contributed by atoms with Gasteiger partial charge in [0.1, 0.15) is 0 Å². The Morgan fingerprint density at radius 2 is 2.45 bits per heavy atom. The van der Waals surface area contributed by atoms with Crippen molar-refractivity contribution in [3.05, 3.63) is 20.3 Å². The summed E-state index contributed by atoms with van der Waals surface area (Å²) in [5.74, 6) is 0. The summed E-state index contributed by atoms with van der Waals surface area (Å²) < 4.78 is 1.01. The van der Waals surface area contributed by atoms with Crippen LogP contribution in [-0.4, -0.2) is 10.4 Å². The van der Waals surface area contributed by atoms with Gasteiger partial charge in [-0.05, 0) is 34.5 Å². The lowest BCUT2D eigenvalue weighted by Crippen LogP contribution is -1.83. The molecule has 0 radical (unpaired) electrons. The Bertz CT molecular complexity index is 277. The number of hydrogen-bond donors (Lipinski definition) is 1. The fourth-order valence-electron chi connectivity index (χ4n) is 0.611. The van der Waals surface area contributed by atoms with Crippen LogP contribution in [0, 0.1) is 6.92 Å². The van der Waals surface area contributed by atoms with Crippen LogP contribution in [0.15, 0.2) is 15.0 Å². The molecule has 0 aliphatic rings. The van der Waals surface area contributed by atoms with Gasteiger partial charge in [0.2, 0.25) is 0 Å². The van der Waals surface area contributed by atoms with Gasteiger partial charge in [-0.2, -0.15) is 0 Å². The summed E-state index contributed by atoms with van der Waals surface area (Å²) in [6.45, 7) is 1.95. The number of aryl methyl sites for hydroxylation is 1. The number of rotatable bonds is 1. The van der Waals surface area contributed by atoms with Gasteiger partial charge in [0, 0.05) is 0 Å². The third-order valence-corrected chi connectivity index (χ3v) is 3.68. The molecule has 0 spiro atoms. The third-order valence-electron chi connectivity index (χ3n) is 1.15. The first kappa shape index (κ1) is 9.03. The number of thiophene rings is 1. The summed E-state index contributed by atoms with van der Waals surface area (Å²) in [5.41, 5.74) is 1.09. The molecule has 2 nitrogen and oxygen atoms in total. The van der Waals surface area contributed by atoms with E-state index in [0.29, 0.717) is 0 Å². The summed E-state index contributed by atoms with van der Waals surface area (Å²) in [6, 6.07) is 1.86. The van der Waals surface area contributed by atoms with Gasteiger partial charge in [-0.1, -0.05) is 16.8 Å². The average Bonchev–Trinajstić information content (AvgIpc) is 2.31. The highest BCUT2D eigenvalue weighted by Crippen LogP contribution is 2.28. The van der Waals surface area contributed by atoms with Crippen molar-refractivity contribution in [1.82, 2.24) is 0 Å². The molecule has 0 bridgehead atoms. The van der Waals surface area contributed by atoms with Gasteiger partial charge in [0.25, 0.3) is 0 Å². The number of halogens is 2. The first-order valence-corrected chi connectivity index (χ1v) is 4.77. The first-order valence-electron chi connectivity index (χ1n) is 2.79. The van der Waals surface area contributed by atoms with E-state index in [9.17, 15) is 0 Å². The maximum absolute atomic E-state index is 8.34. The highest BCUT2D eigenvalue weighted by atomic mass is 79.9. The van der Waals surface area contributed by atoms with Crippen molar-refractivity contribution in [2.75, 3.05) is 0 Å². The van der Waals surface area contributed by atoms with E-state index in [0.717, 1.165) is 14.2 Å². The Morgan fingerprint density at radius 1 is 1.82 bits per heavy atom. The zero-order valence-corrected chi connectivity index (χ0v) is 8.79. The second-order valence-electron chi connectivity index (χ2n) is 1.96. The van der Waals surface area contributed by atoms with Crippen molar-refractivity contribution in [1.29, 1.82) is 0 Å². The molecule has 0 aliphatic heterocycles. The van der Waals surface area contributed by atoms with Crippen molar-refractivity contribution >= 4 is 44.0 Å². The fourth-order valence-corrected chi connectivity index (χ4v) is 2.19. The minimum atomic E-state index is 0.129. The second kappa shape index (κ2) is 3.56. The Hall–Kier alpha value is -0.0600. The predicted molar refractivity (Wildman–Crippen MR) is 50.9 cm³/mol. The molecule has 0 saturated carbocycles. The smallest absolute Gasteiger partial charge is 0.185 e. The van der Waals surface area contributed by atoms with E-state index in [2.05, 4.69) is 21.1 Å². The van der Waals surface area contributed by atoms with Crippen LogP contribution >= 0.6 is 38.9 Å². The molecular weight excluding hydrogens is 249 g/mol. The van der Waals surface area contributed by atoms with Gasteiger partial charge >= 0.3 is 0 Å². The van der Waals surface area contributed by atoms with E-state index < -0.39 is 0 Å². The van der Waals surface area contributed by atoms with Crippen LogP contribution in [0.25, 0.3) is 0 Å². The fraction of sp³-hybridized carbons (Fsp3) is 0.167. The van der Waals surface area contributed by atoms with E-state index in [1.165, 1.54) is 11.3 Å². The van der Waals surface area contributed by atoms with Gasteiger partial charge in [0.05, 0.1) is 8.66 Å². The van der Waals surface area contributed by atoms with E-state index in [1.807, 2.05) is 13.0 Å². The Labute approximate surface area is 81.6 Å². The summed E-state index contributed by atoms with van der Waals surface area (Å²) in [6.07, 6.45) is 0. The Morgan fingerprint density at radius 3 is 2.82 bits per heavy atom. The minimum absolute atomic E-state index is 0.129. The molecule has 5 heteroatoms. The van der Waals surface area contributed by atoms with Gasteiger partial charge in [-0.3, -0.25) is 0 Å². The van der Waals surface area contributed by atoms with Gasteiger partial charge in [-0.25, -0.2) is 0 Å². The molecule has 0 aromatic carbocycles.